The fraction of sp³-hybridized carbons (Fsp3) is 0.143. The number of nitrogens with one attached hydrogen (secondary N) is 1. The molecule has 0 bridgehead atoms. The molecular formula is C21H18F3NO4S. The molecule has 0 spiro atoms. The molecule has 0 aliphatic heterocycles. The van der Waals surface area contributed by atoms with Gasteiger partial charge in [-0.2, -0.15) is 13.2 Å². The topological polar surface area (TPSA) is 64.6 Å². The molecule has 0 saturated heterocycles. The van der Waals surface area contributed by atoms with Crippen LogP contribution in [-0.4, -0.2) is 15.5 Å². The van der Waals surface area contributed by atoms with Crippen LogP contribution in [0.3, 0.4) is 0 Å². The van der Waals surface area contributed by atoms with E-state index in [1.807, 2.05) is 0 Å². The van der Waals surface area contributed by atoms with Crippen LogP contribution in [0.25, 0.3) is 0 Å². The molecule has 5 nitrogen and oxygen atoms in total. The highest BCUT2D eigenvalue weighted by Crippen LogP contribution is 2.39. The van der Waals surface area contributed by atoms with Gasteiger partial charge in [0.15, 0.2) is 17.2 Å². The Morgan fingerprint density at radius 2 is 1.57 bits per heavy atom. The lowest BCUT2D eigenvalue weighted by Gasteiger charge is -2.17. The van der Waals surface area contributed by atoms with Gasteiger partial charge in [-0.25, -0.2) is 8.42 Å². The van der Waals surface area contributed by atoms with Crippen molar-refractivity contribution >= 4 is 15.7 Å². The summed E-state index contributed by atoms with van der Waals surface area (Å²) >= 11 is 0. The van der Waals surface area contributed by atoms with Crippen LogP contribution < -0.4 is 14.2 Å². The average molecular weight is 437 g/mol. The minimum absolute atomic E-state index is 0.0804. The molecule has 0 heterocycles. The molecule has 1 N–H and O–H groups in total. The predicted octanol–water partition coefficient (Wildman–Crippen LogP) is 5.62. The van der Waals surface area contributed by atoms with Crippen molar-refractivity contribution in [2.24, 2.45) is 0 Å². The van der Waals surface area contributed by atoms with Gasteiger partial charge in [0.2, 0.25) is 0 Å². The van der Waals surface area contributed by atoms with Gasteiger partial charge in [-0.3, -0.25) is 4.72 Å². The molecule has 3 rings (SSSR count). The lowest BCUT2D eigenvalue weighted by atomic mass is 10.2. The van der Waals surface area contributed by atoms with Crippen LogP contribution in [0.15, 0.2) is 71.6 Å². The Morgan fingerprint density at radius 1 is 0.867 bits per heavy atom. The summed E-state index contributed by atoms with van der Waals surface area (Å²) in [5, 5.41) is 0. The van der Waals surface area contributed by atoms with Crippen molar-refractivity contribution in [1.29, 1.82) is 0 Å². The monoisotopic (exact) mass is 437 g/mol. The fourth-order valence-electron chi connectivity index (χ4n) is 2.68. The van der Waals surface area contributed by atoms with Crippen molar-refractivity contribution in [3.05, 3.63) is 77.9 Å². The third kappa shape index (κ3) is 4.85. The van der Waals surface area contributed by atoms with E-state index >= 15 is 0 Å². The van der Waals surface area contributed by atoms with E-state index in [1.54, 1.807) is 43.3 Å². The zero-order valence-corrected chi connectivity index (χ0v) is 16.8. The minimum atomic E-state index is -4.66. The molecular weight excluding hydrogens is 419 g/mol. The first kappa shape index (κ1) is 21.5. The molecule has 0 unspecified atom stereocenters. The molecule has 3 aromatic rings. The number of halogens is 3. The summed E-state index contributed by atoms with van der Waals surface area (Å²) in [5.41, 5.74) is -0.679. The largest absolute Gasteiger partial charge is 0.493 e. The van der Waals surface area contributed by atoms with E-state index < -0.39 is 21.8 Å². The summed E-state index contributed by atoms with van der Waals surface area (Å²) in [6.45, 7) is 1.71. The highest BCUT2D eigenvalue weighted by atomic mass is 32.2. The molecule has 158 valence electrons. The quantitative estimate of drug-likeness (QED) is 0.544. The Kier molecular flexibility index (Phi) is 5.93. The average Bonchev–Trinajstić information content (AvgIpc) is 2.68. The van der Waals surface area contributed by atoms with Crippen LogP contribution >= 0.6 is 0 Å². The second-order valence-electron chi connectivity index (χ2n) is 6.38. The van der Waals surface area contributed by atoms with E-state index in [9.17, 15) is 21.6 Å². The Morgan fingerprint density at radius 3 is 2.20 bits per heavy atom. The molecule has 3 aromatic carbocycles. The number of aryl methyl sites for hydroxylation is 1. The van der Waals surface area contributed by atoms with Crippen LogP contribution in [0.5, 0.6) is 17.2 Å². The van der Waals surface area contributed by atoms with Crippen molar-refractivity contribution in [1.82, 2.24) is 0 Å². The molecule has 0 atom stereocenters. The zero-order chi connectivity index (χ0) is 21.9. The van der Waals surface area contributed by atoms with Gasteiger partial charge in [-0.1, -0.05) is 24.3 Å². The smallest absolute Gasteiger partial charge is 0.416 e. The third-order valence-corrected chi connectivity index (χ3v) is 5.50. The van der Waals surface area contributed by atoms with Crippen molar-refractivity contribution in [2.45, 2.75) is 18.0 Å². The van der Waals surface area contributed by atoms with E-state index in [0.717, 1.165) is 12.1 Å². The maximum Gasteiger partial charge on any atom is 0.416 e. The molecule has 9 heteroatoms. The first-order chi connectivity index (χ1) is 14.1. The second-order valence-corrected chi connectivity index (χ2v) is 8.07. The first-order valence-electron chi connectivity index (χ1n) is 8.72. The number of methoxy groups -OCH3 is 1. The Balaban J connectivity index is 2.06. The van der Waals surface area contributed by atoms with Gasteiger partial charge in [0.25, 0.3) is 10.0 Å². The molecule has 0 amide bonds. The van der Waals surface area contributed by atoms with Crippen LogP contribution in [-0.2, 0) is 16.2 Å². The Hall–Kier alpha value is -3.20. The molecule has 0 aromatic heterocycles. The summed E-state index contributed by atoms with van der Waals surface area (Å²) < 4.78 is 78.3. The number of hydrogen-bond acceptors (Lipinski definition) is 4. The summed E-state index contributed by atoms with van der Waals surface area (Å²) in [7, 11) is -2.74. The summed E-state index contributed by atoms with van der Waals surface area (Å²) in [4.78, 5) is -0.0804. The number of sulfonamides is 1. The van der Waals surface area contributed by atoms with Gasteiger partial charge in [0.1, 0.15) is 0 Å². The van der Waals surface area contributed by atoms with E-state index in [4.69, 9.17) is 9.47 Å². The Bertz CT molecular complexity index is 1160. The van der Waals surface area contributed by atoms with Crippen LogP contribution in [0.1, 0.15) is 11.1 Å². The molecule has 0 aliphatic rings. The maximum atomic E-state index is 13.2. The summed E-state index contributed by atoms with van der Waals surface area (Å²) in [5.74, 6) is 0.448. The molecule has 0 radical (unpaired) electrons. The number of para-hydroxylation sites is 2. The number of ether oxygens (including phenoxy) is 2. The number of alkyl halides is 3. The SMILES string of the molecule is COc1ccccc1Oc1ccc(C(F)(F)F)cc1NS(=O)(=O)c1cccc(C)c1. The van der Waals surface area contributed by atoms with E-state index in [0.29, 0.717) is 17.4 Å². The van der Waals surface area contributed by atoms with Crippen molar-refractivity contribution in [2.75, 3.05) is 11.8 Å². The number of anilines is 1. The van der Waals surface area contributed by atoms with Gasteiger partial charge in [0.05, 0.1) is 23.3 Å². The zero-order valence-electron chi connectivity index (χ0n) is 16.0. The highest BCUT2D eigenvalue weighted by Gasteiger charge is 2.32. The molecule has 0 aliphatic carbocycles. The standard InChI is InChI=1S/C21H18F3NO4S/c1-14-6-5-7-16(12-14)30(26,27)25-17-13-15(21(22,23)24)10-11-18(17)29-20-9-4-3-8-19(20)28-2/h3-13,25H,1-2H3. The molecule has 30 heavy (non-hydrogen) atoms. The van der Waals surface area contributed by atoms with Gasteiger partial charge >= 0.3 is 6.18 Å². The van der Waals surface area contributed by atoms with Crippen molar-refractivity contribution < 1.29 is 31.1 Å². The number of benzene rings is 3. The predicted molar refractivity (Wildman–Crippen MR) is 106 cm³/mol. The lowest BCUT2D eigenvalue weighted by Crippen LogP contribution is -2.15. The third-order valence-electron chi connectivity index (χ3n) is 4.14. The fourth-order valence-corrected chi connectivity index (χ4v) is 3.85. The van der Waals surface area contributed by atoms with Crippen molar-refractivity contribution in [3.63, 3.8) is 0 Å². The van der Waals surface area contributed by atoms with Crippen LogP contribution in [0.4, 0.5) is 18.9 Å². The van der Waals surface area contributed by atoms with Crippen LogP contribution in [0.2, 0.25) is 0 Å². The maximum absolute atomic E-state index is 13.2. The van der Waals surface area contributed by atoms with Gasteiger partial charge in [-0.05, 0) is 55.0 Å². The second kappa shape index (κ2) is 8.27. The lowest BCUT2D eigenvalue weighted by molar-refractivity contribution is -0.137. The first-order valence-corrected chi connectivity index (χ1v) is 10.2. The van der Waals surface area contributed by atoms with E-state index in [2.05, 4.69) is 4.72 Å². The van der Waals surface area contributed by atoms with Crippen molar-refractivity contribution in [3.8, 4) is 17.2 Å². The Labute approximate surface area is 172 Å². The number of rotatable bonds is 6. The molecule has 0 saturated carbocycles. The normalized spacial score (nSPS) is 11.8. The highest BCUT2D eigenvalue weighted by molar-refractivity contribution is 7.92. The van der Waals surface area contributed by atoms with Gasteiger partial charge < -0.3 is 9.47 Å². The van der Waals surface area contributed by atoms with E-state index in [-0.39, 0.29) is 22.1 Å². The van der Waals surface area contributed by atoms with Gasteiger partial charge in [0, 0.05) is 0 Å². The summed E-state index contributed by atoms with van der Waals surface area (Å²) in [6.07, 6.45) is -4.66. The number of hydrogen-bond donors (Lipinski definition) is 1. The van der Waals surface area contributed by atoms with Gasteiger partial charge in [-0.15, -0.1) is 0 Å². The minimum Gasteiger partial charge on any atom is -0.493 e. The molecule has 0 fully saturated rings. The summed E-state index contributed by atoms with van der Waals surface area (Å²) in [6, 6.07) is 15.1. The van der Waals surface area contributed by atoms with E-state index in [1.165, 1.54) is 19.2 Å². The van der Waals surface area contributed by atoms with Crippen LogP contribution in [0, 0.1) is 6.92 Å².